The molecule has 0 spiro atoms. The van der Waals surface area contributed by atoms with Crippen molar-refractivity contribution in [3.8, 4) is 0 Å². The first kappa shape index (κ1) is 20.9. The predicted molar refractivity (Wildman–Crippen MR) is 107 cm³/mol. The van der Waals surface area contributed by atoms with Crippen LogP contribution in [0.25, 0.3) is 0 Å². The Morgan fingerprint density at radius 3 is 2.44 bits per heavy atom. The zero-order valence-electron chi connectivity index (χ0n) is 15.9. The number of benzene rings is 2. The number of hydrogen-bond acceptors (Lipinski definition) is 4. The van der Waals surface area contributed by atoms with Crippen molar-refractivity contribution in [2.75, 3.05) is 30.3 Å². The Morgan fingerprint density at radius 1 is 1.07 bits per heavy atom. The van der Waals surface area contributed by atoms with Crippen LogP contribution >= 0.6 is 0 Å². The van der Waals surface area contributed by atoms with Gasteiger partial charge >= 0.3 is 0 Å². The van der Waals surface area contributed by atoms with Crippen LogP contribution in [-0.2, 0) is 26.2 Å². The minimum Gasteiger partial charge on any atom is -0.375 e. The molecule has 1 amide bonds. The second-order valence-corrected chi connectivity index (χ2v) is 8.28. The van der Waals surface area contributed by atoms with Crippen LogP contribution in [0.5, 0.6) is 0 Å². The molecule has 1 N–H and O–H groups in total. The van der Waals surface area contributed by atoms with Crippen molar-refractivity contribution in [3.05, 3.63) is 65.2 Å². The molecule has 6 nitrogen and oxygen atoms in total. The Balaban J connectivity index is 1.88. The lowest BCUT2D eigenvalue weighted by Gasteiger charge is -2.24. The van der Waals surface area contributed by atoms with Crippen LogP contribution in [0.15, 0.2) is 48.5 Å². The van der Waals surface area contributed by atoms with Gasteiger partial charge in [-0.3, -0.25) is 9.10 Å². The normalized spacial score (nSPS) is 11.2. The Hall–Kier alpha value is -2.38. The summed E-state index contributed by atoms with van der Waals surface area (Å²) in [6.07, 6.45) is 1.10. The molecular weight excluding hydrogens is 364 g/mol. The van der Waals surface area contributed by atoms with E-state index in [1.165, 1.54) is 0 Å². The van der Waals surface area contributed by atoms with E-state index in [-0.39, 0.29) is 12.5 Å². The van der Waals surface area contributed by atoms with Gasteiger partial charge in [-0.2, -0.15) is 0 Å². The van der Waals surface area contributed by atoms with Gasteiger partial charge in [0.05, 0.1) is 25.2 Å². The monoisotopic (exact) mass is 390 g/mol. The summed E-state index contributed by atoms with van der Waals surface area (Å²) < 4.78 is 31.0. The summed E-state index contributed by atoms with van der Waals surface area (Å²) in [7, 11) is -3.58. The number of hydrogen-bond donors (Lipinski definition) is 1. The van der Waals surface area contributed by atoms with Crippen LogP contribution in [-0.4, -0.2) is 40.3 Å². The Bertz CT molecular complexity index is 867. The fraction of sp³-hybridized carbons (Fsp3) is 0.350. The first-order chi connectivity index (χ1) is 12.8. The second kappa shape index (κ2) is 9.53. The first-order valence-corrected chi connectivity index (χ1v) is 10.6. The van der Waals surface area contributed by atoms with Crippen LogP contribution in [0, 0.1) is 13.8 Å². The van der Waals surface area contributed by atoms with Gasteiger partial charge in [-0.25, -0.2) is 8.42 Å². The van der Waals surface area contributed by atoms with E-state index in [0.29, 0.717) is 25.4 Å². The molecule has 0 heterocycles. The average Bonchev–Trinajstić information content (AvgIpc) is 2.62. The van der Waals surface area contributed by atoms with Gasteiger partial charge in [0, 0.05) is 6.54 Å². The van der Waals surface area contributed by atoms with Crippen LogP contribution in [0.4, 0.5) is 5.69 Å². The standard InChI is InChI=1S/C20H26N2O4S/c1-16-8-7-11-19(17(16)2)22(27(3,24)25)14-20(23)21-12-13-26-15-18-9-5-4-6-10-18/h4-11H,12-15H2,1-3H3,(H,21,23). The maximum Gasteiger partial charge on any atom is 0.240 e. The lowest BCUT2D eigenvalue weighted by molar-refractivity contribution is -0.119. The molecule has 0 unspecified atom stereocenters. The Morgan fingerprint density at radius 2 is 1.78 bits per heavy atom. The third-order valence-corrected chi connectivity index (χ3v) is 5.34. The molecule has 146 valence electrons. The van der Waals surface area contributed by atoms with Crippen molar-refractivity contribution in [3.63, 3.8) is 0 Å². The molecule has 0 aliphatic carbocycles. The van der Waals surface area contributed by atoms with Crippen LogP contribution in [0.1, 0.15) is 16.7 Å². The number of anilines is 1. The van der Waals surface area contributed by atoms with Crippen LogP contribution in [0.3, 0.4) is 0 Å². The number of aryl methyl sites for hydroxylation is 1. The summed E-state index contributed by atoms with van der Waals surface area (Å²) >= 11 is 0. The van der Waals surface area contributed by atoms with Gasteiger partial charge in [0.2, 0.25) is 15.9 Å². The molecule has 0 bridgehead atoms. The first-order valence-electron chi connectivity index (χ1n) is 8.71. The predicted octanol–water partition coefficient (Wildman–Crippen LogP) is 2.40. The third-order valence-electron chi connectivity index (χ3n) is 4.21. The molecule has 0 atom stereocenters. The van der Waals surface area contributed by atoms with Gasteiger partial charge in [0.15, 0.2) is 0 Å². The highest BCUT2D eigenvalue weighted by Gasteiger charge is 2.22. The molecule has 0 radical (unpaired) electrons. The van der Waals surface area contributed by atoms with E-state index in [4.69, 9.17) is 4.74 Å². The van der Waals surface area contributed by atoms with Crippen molar-refractivity contribution in [1.82, 2.24) is 5.32 Å². The molecule has 2 rings (SSSR count). The van der Waals surface area contributed by atoms with Crippen molar-refractivity contribution in [1.29, 1.82) is 0 Å². The maximum atomic E-state index is 12.2. The molecule has 0 saturated carbocycles. The Labute approximate surface area is 161 Å². The van der Waals surface area contributed by atoms with Gasteiger partial charge < -0.3 is 10.1 Å². The number of amides is 1. The second-order valence-electron chi connectivity index (χ2n) is 6.38. The largest absolute Gasteiger partial charge is 0.375 e. The van der Waals surface area contributed by atoms with Gasteiger partial charge in [-0.05, 0) is 36.6 Å². The van der Waals surface area contributed by atoms with E-state index in [2.05, 4.69) is 5.32 Å². The van der Waals surface area contributed by atoms with Crippen LogP contribution < -0.4 is 9.62 Å². The van der Waals surface area contributed by atoms with E-state index < -0.39 is 10.0 Å². The van der Waals surface area contributed by atoms with E-state index >= 15 is 0 Å². The molecular formula is C20H26N2O4S. The fourth-order valence-corrected chi connectivity index (χ4v) is 3.51. The van der Waals surface area contributed by atoms with Gasteiger partial charge in [0.25, 0.3) is 0 Å². The summed E-state index contributed by atoms with van der Waals surface area (Å²) in [5, 5.41) is 2.71. The molecule has 0 fully saturated rings. The van der Waals surface area contributed by atoms with Crippen molar-refractivity contribution < 1.29 is 17.9 Å². The number of nitrogens with one attached hydrogen (secondary N) is 1. The summed E-state index contributed by atoms with van der Waals surface area (Å²) in [6.45, 7) is 4.62. The smallest absolute Gasteiger partial charge is 0.240 e. The topological polar surface area (TPSA) is 75.7 Å². The third kappa shape index (κ3) is 6.37. The van der Waals surface area contributed by atoms with Crippen molar-refractivity contribution >= 4 is 21.6 Å². The van der Waals surface area contributed by atoms with Crippen LogP contribution in [0.2, 0.25) is 0 Å². The lowest BCUT2D eigenvalue weighted by Crippen LogP contribution is -2.41. The highest BCUT2D eigenvalue weighted by Crippen LogP contribution is 2.24. The lowest BCUT2D eigenvalue weighted by atomic mass is 10.1. The summed E-state index contributed by atoms with van der Waals surface area (Å²) in [5.41, 5.74) is 3.38. The molecule has 0 saturated heterocycles. The van der Waals surface area contributed by atoms with Gasteiger partial charge in [0.1, 0.15) is 6.54 Å². The quantitative estimate of drug-likeness (QED) is 0.667. The number of rotatable bonds is 9. The number of carbonyl (C=O) groups excluding carboxylic acids is 1. The number of sulfonamides is 1. The van der Waals surface area contributed by atoms with Gasteiger partial charge in [-0.15, -0.1) is 0 Å². The maximum absolute atomic E-state index is 12.2. The van der Waals surface area contributed by atoms with Crippen molar-refractivity contribution in [2.45, 2.75) is 20.5 Å². The molecule has 27 heavy (non-hydrogen) atoms. The van der Waals surface area contributed by atoms with Crippen molar-refractivity contribution in [2.24, 2.45) is 0 Å². The van der Waals surface area contributed by atoms with E-state index in [9.17, 15) is 13.2 Å². The molecule has 7 heteroatoms. The fourth-order valence-electron chi connectivity index (χ4n) is 2.60. The molecule has 0 aliphatic heterocycles. The zero-order chi connectivity index (χ0) is 19.9. The highest BCUT2D eigenvalue weighted by atomic mass is 32.2. The zero-order valence-corrected chi connectivity index (χ0v) is 16.8. The Kier molecular flexibility index (Phi) is 7.38. The van der Waals surface area contributed by atoms with E-state index in [1.807, 2.05) is 50.2 Å². The summed E-state index contributed by atoms with van der Waals surface area (Å²) in [5.74, 6) is -0.371. The SMILES string of the molecule is Cc1cccc(N(CC(=O)NCCOCc2ccccc2)S(C)(=O)=O)c1C. The van der Waals surface area contributed by atoms with E-state index in [0.717, 1.165) is 27.3 Å². The molecule has 0 aromatic heterocycles. The highest BCUT2D eigenvalue weighted by molar-refractivity contribution is 7.92. The average molecular weight is 391 g/mol. The minimum absolute atomic E-state index is 0.262. The number of nitrogens with zero attached hydrogens (tertiary/aromatic N) is 1. The summed E-state index contributed by atoms with van der Waals surface area (Å²) in [6, 6.07) is 15.1. The molecule has 2 aromatic rings. The minimum atomic E-state index is -3.58. The number of ether oxygens (including phenoxy) is 1. The number of carbonyl (C=O) groups is 1. The van der Waals surface area contributed by atoms with E-state index in [1.54, 1.807) is 12.1 Å². The molecule has 0 aliphatic rings. The summed E-state index contributed by atoms with van der Waals surface area (Å²) in [4.78, 5) is 12.2. The molecule has 2 aromatic carbocycles. The van der Waals surface area contributed by atoms with Gasteiger partial charge in [-0.1, -0.05) is 42.5 Å².